The van der Waals surface area contributed by atoms with Crippen LogP contribution in [-0.4, -0.2) is 79.3 Å². The zero-order valence-electron chi connectivity index (χ0n) is 13.3. The molecule has 0 radical (unpaired) electrons. The Morgan fingerprint density at radius 2 is 1.95 bits per heavy atom. The maximum atomic E-state index is 6.03. The fraction of sp³-hybridized carbons (Fsp3) is 0.765. The highest BCUT2D eigenvalue weighted by molar-refractivity contribution is 5.06. The van der Waals surface area contributed by atoms with Crippen LogP contribution in [0.3, 0.4) is 0 Å². The van der Waals surface area contributed by atoms with Crippen LogP contribution >= 0.6 is 0 Å². The van der Waals surface area contributed by atoms with Crippen LogP contribution in [0.5, 0.6) is 0 Å². The molecule has 4 heterocycles. The van der Waals surface area contributed by atoms with Gasteiger partial charge in [-0.2, -0.15) is 0 Å². The molecule has 0 N–H and O–H groups in total. The Labute approximate surface area is 132 Å². The van der Waals surface area contributed by atoms with E-state index in [1.807, 2.05) is 6.26 Å². The Bertz CT molecular complexity index is 458. The van der Waals surface area contributed by atoms with E-state index in [0.29, 0.717) is 12.1 Å². The molecule has 0 spiro atoms. The molecule has 0 unspecified atom stereocenters. The Kier molecular flexibility index (Phi) is 4.48. The van der Waals surface area contributed by atoms with Crippen molar-refractivity contribution in [3.05, 3.63) is 24.2 Å². The minimum absolute atomic E-state index is 0.388. The molecule has 122 valence electrons. The predicted molar refractivity (Wildman–Crippen MR) is 84.8 cm³/mol. The zero-order chi connectivity index (χ0) is 14.8. The lowest BCUT2D eigenvalue weighted by atomic mass is 10.1. The molecule has 2 atom stereocenters. The summed E-state index contributed by atoms with van der Waals surface area (Å²) >= 11 is 0. The van der Waals surface area contributed by atoms with E-state index in [4.69, 9.17) is 9.15 Å². The highest BCUT2D eigenvalue weighted by atomic mass is 16.5. The first-order valence-corrected chi connectivity index (χ1v) is 8.70. The second kappa shape index (κ2) is 6.71. The summed E-state index contributed by atoms with van der Waals surface area (Å²) in [6.07, 6.45) is 6.77. The summed E-state index contributed by atoms with van der Waals surface area (Å²) in [6, 6.07) is 2.64. The van der Waals surface area contributed by atoms with Gasteiger partial charge in [-0.15, -0.1) is 0 Å². The maximum Gasteiger partial charge on any atom is 0.0947 e. The number of hydrogen-bond donors (Lipinski definition) is 0. The van der Waals surface area contributed by atoms with Crippen LogP contribution < -0.4 is 0 Å². The summed E-state index contributed by atoms with van der Waals surface area (Å²) in [7, 11) is 0. The van der Waals surface area contributed by atoms with E-state index in [9.17, 15) is 0 Å². The van der Waals surface area contributed by atoms with E-state index in [0.717, 1.165) is 32.8 Å². The molecule has 4 rings (SSSR count). The molecule has 22 heavy (non-hydrogen) atoms. The third-order valence-corrected chi connectivity index (χ3v) is 5.38. The van der Waals surface area contributed by atoms with Crippen LogP contribution in [0, 0.1) is 0 Å². The molecule has 0 aliphatic carbocycles. The topological polar surface area (TPSA) is 32.1 Å². The largest absolute Gasteiger partial charge is 0.472 e. The second-order valence-corrected chi connectivity index (χ2v) is 6.89. The molecular weight excluding hydrogens is 278 g/mol. The number of hydrogen-bond acceptors (Lipinski definition) is 5. The average molecular weight is 305 g/mol. The number of fused-ring (bicyclic) bond motifs is 1. The smallest absolute Gasteiger partial charge is 0.0947 e. The van der Waals surface area contributed by atoms with Crippen LogP contribution in [0.1, 0.15) is 18.4 Å². The van der Waals surface area contributed by atoms with Crippen molar-refractivity contribution in [1.82, 2.24) is 14.7 Å². The second-order valence-electron chi connectivity index (χ2n) is 6.89. The normalized spacial score (nSPS) is 30.9. The van der Waals surface area contributed by atoms with Crippen LogP contribution in [0.2, 0.25) is 0 Å². The van der Waals surface area contributed by atoms with Crippen molar-refractivity contribution in [2.75, 3.05) is 52.4 Å². The van der Waals surface area contributed by atoms with Crippen LogP contribution in [0.4, 0.5) is 0 Å². The van der Waals surface area contributed by atoms with Crippen molar-refractivity contribution in [3.63, 3.8) is 0 Å². The Balaban J connectivity index is 1.32. The van der Waals surface area contributed by atoms with E-state index < -0.39 is 0 Å². The lowest BCUT2D eigenvalue weighted by Gasteiger charge is -2.37. The summed E-state index contributed by atoms with van der Waals surface area (Å²) in [6.45, 7) is 10.2. The van der Waals surface area contributed by atoms with Crippen molar-refractivity contribution < 1.29 is 9.15 Å². The third kappa shape index (κ3) is 3.23. The number of morpholine rings is 1. The molecule has 3 aliphatic rings. The molecule has 0 aromatic carbocycles. The van der Waals surface area contributed by atoms with Gasteiger partial charge in [-0.1, -0.05) is 0 Å². The van der Waals surface area contributed by atoms with Crippen molar-refractivity contribution >= 4 is 0 Å². The predicted octanol–water partition coefficient (Wildman–Crippen LogP) is 1.26. The molecule has 3 saturated heterocycles. The first-order chi connectivity index (χ1) is 10.9. The monoisotopic (exact) mass is 305 g/mol. The van der Waals surface area contributed by atoms with Crippen LogP contribution in [0.15, 0.2) is 23.0 Å². The number of likely N-dealkylation sites (tertiary alicyclic amines) is 2. The quantitative estimate of drug-likeness (QED) is 0.818. The minimum Gasteiger partial charge on any atom is -0.472 e. The lowest BCUT2D eigenvalue weighted by Crippen LogP contribution is -2.52. The van der Waals surface area contributed by atoms with Crippen molar-refractivity contribution in [3.8, 4) is 0 Å². The van der Waals surface area contributed by atoms with Gasteiger partial charge in [-0.05, 0) is 32.0 Å². The molecule has 5 nitrogen and oxygen atoms in total. The van der Waals surface area contributed by atoms with Crippen molar-refractivity contribution in [1.29, 1.82) is 0 Å². The fourth-order valence-electron chi connectivity index (χ4n) is 4.16. The highest BCUT2D eigenvalue weighted by Gasteiger charge is 2.39. The summed E-state index contributed by atoms with van der Waals surface area (Å²) in [5.74, 6) is 0. The van der Waals surface area contributed by atoms with E-state index >= 15 is 0 Å². The average Bonchev–Trinajstić information content (AvgIpc) is 3.26. The molecular formula is C17H27N3O2. The fourth-order valence-corrected chi connectivity index (χ4v) is 4.16. The van der Waals surface area contributed by atoms with Crippen molar-refractivity contribution in [2.24, 2.45) is 0 Å². The highest BCUT2D eigenvalue weighted by Crippen LogP contribution is 2.24. The molecule has 1 aromatic heterocycles. The van der Waals surface area contributed by atoms with Gasteiger partial charge in [0.05, 0.1) is 25.2 Å². The van der Waals surface area contributed by atoms with Gasteiger partial charge in [0.1, 0.15) is 0 Å². The number of furan rings is 1. The van der Waals surface area contributed by atoms with Gasteiger partial charge < -0.3 is 14.1 Å². The summed E-state index contributed by atoms with van der Waals surface area (Å²) < 4.78 is 11.2. The molecule has 0 bridgehead atoms. The van der Waals surface area contributed by atoms with E-state index in [2.05, 4.69) is 20.8 Å². The SMILES string of the molecule is c1cc(CN2C[C@H]3OCCN(CCN4CCCC4)[C@H]3C2)co1. The Hall–Kier alpha value is -0.880. The van der Waals surface area contributed by atoms with Gasteiger partial charge >= 0.3 is 0 Å². The van der Waals surface area contributed by atoms with E-state index in [1.54, 1.807) is 6.26 Å². The van der Waals surface area contributed by atoms with Gasteiger partial charge in [0.2, 0.25) is 0 Å². The summed E-state index contributed by atoms with van der Waals surface area (Å²) in [4.78, 5) is 7.79. The van der Waals surface area contributed by atoms with Gasteiger partial charge in [0, 0.05) is 50.9 Å². The summed E-state index contributed by atoms with van der Waals surface area (Å²) in [5.41, 5.74) is 1.27. The number of nitrogens with zero attached hydrogens (tertiary/aromatic N) is 3. The molecule has 1 aromatic rings. The van der Waals surface area contributed by atoms with E-state index in [1.165, 1.54) is 44.6 Å². The molecule has 0 amide bonds. The minimum atomic E-state index is 0.388. The first-order valence-electron chi connectivity index (χ1n) is 8.70. The zero-order valence-corrected chi connectivity index (χ0v) is 13.3. The van der Waals surface area contributed by atoms with Gasteiger partial charge in [0.15, 0.2) is 0 Å². The molecule has 3 aliphatic heterocycles. The first kappa shape index (κ1) is 14.7. The van der Waals surface area contributed by atoms with Crippen LogP contribution in [-0.2, 0) is 11.3 Å². The third-order valence-electron chi connectivity index (χ3n) is 5.38. The number of rotatable bonds is 5. The van der Waals surface area contributed by atoms with Gasteiger partial charge in [0.25, 0.3) is 0 Å². The number of ether oxygens (including phenoxy) is 1. The Morgan fingerprint density at radius 3 is 2.77 bits per heavy atom. The summed E-state index contributed by atoms with van der Waals surface area (Å²) in [5, 5.41) is 0. The Morgan fingerprint density at radius 1 is 1.05 bits per heavy atom. The van der Waals surface area contributed by atoms with Gasteiger partial charge in [-0.3, -0.25) is 9.80 Å². The van der Waals surface area contributed by atoms with E-state index in [-0.39, 0.29) is 0 Å². The molecule has 3 fully saturated rings. The lowest BCUT2D eigenvalue weighted by molar-refractivity contribution is -0.0488. The standard InChI is InChI=1S/C17H27N3O2/c1-2-5-18(4-1)6-7-20-8-10-22-17-13-19(12-16(17)20)11-15-3-9-21-14-15/h3,9,14,16-17H,1-2,4-8,10-13H2/t16-,17+/m0/s1. The maximum absolute atomic E-state index is 6.03. The van der Waals surface area contributed by atoms with Gasteiger partial charge in [-0.25, -0.2) is 0 Å². The van der Waals surface area contributed by atoms with Crippen molar-refractivity contribution in [2.45, 2.75) is 31.5 Å². The van der Waals surface area contributed by atoms with Crippen LogP contribution in [0.25, 0.3) is 0 Å². The molecule has 0 saturated carbocycles. The molecule has 5 heteroatoms.